The van der Waals surface area contributed by atoms with Crippen LogP contribution in [0.25, 0.3) is 0 Å². The molecule has 3 nitrogen and oxygen atoms in total. The van der Waals surface area contributed by atoms with Crippen LogP contribution in [0.1, 0.15) is 43.2 Å². The lowest BCUT2D eigenvalue weighted by Crippen LogP contribution is -2.29. The molecule has 0 amide bonds. The van der Waals surface area contributed by atoms with E-state index >= 15 is 0 Å². The Balaban J connectivity index is 2.04. The highest BCUT2D eigenvalue weighted by atomic mass is 16.5. The summed E-state index contributed by atoms with van der Waals surface area (Å²) in [5.41, 5.74) is 2.46. The summed E-state index contributed by atoms with van der Waals surface area (Å²) in [5, 5.41) is 4.10. The molecule has 1 aliphatic heterocycles. The predicted molar refractivity (Wildman–Crippen MR) is 59.7 cm³/mol. The van der Waals surface area contributed by atoms with E-state index in [1.807, 2.05) is 6.92 Å². The Hall–Kier alpha value is -0.830. The topological polar surface area (TPSA) is 29.3 Å². The maximum absolute atomic E-state index is 5.25. The molecule has 0 N–H and O–H groups in total. The molecule has 0 aliphatic carbocycles. The fourth-order valence-electron chi connectivity index (χ4n) is 2.26. The van der Waals surface area contributed by atoms with Gasteiger partial charge in [0.15, 0.2) is 0 Å². The summed E-state index contributed by atoms with van der Waals surface area (Å²) >= 11 is 0. The van der Waals surface area contributed by atoms with Crippen molar-refractivity contribution in [2.45, 2.75) is 46.1 Å². The Labute approximate surface area is 91.4 Å². The zero-order valence-electron chi connectivity index (χ0n) is 9.75. The summed E-state index contributed by atoms with van der Waals surface area (Å²) in [6.45, 7) is 7.64. The molecule has 1 saturated heterocycles. The Morgan fingerprint density at radius 2 is 2.00 bits per heavy atom. The van der Waals surface area contributed by atoms with Crippen LogP contribution in [-0.2, 0) is 13.0 Å². The van der Waals surface area contributed by atoms with E-state index in [-0.39, 0.29) is 0 Å². The molecule has 0 radical (unpaired) electrons. The first-order valence-electron chi connectivity index (χ1n) is 5.97. The van der Waals surface area contributed by atoms with Gasteiger partial charge in [-0.1, -0.05) is 18.5 Å². The smallest absolute Gasteiger partial charge is 0.138 e. The molecule has 84 valence electrons. The number of rotatable bonds is 3. The summed E-state index contributed by atoms with van der Waals surface area (Å²) in [6, 6.07) is 0. The number of aromatic nitrogens is 1. The van der Waals surface area contributed by atoms with Crippen LogP contribution in [-0.4, -0.2) is 23.1 Å². The van der Waals surface area contributed by atoms with Gasteiger partial charge in [-0.05, 0) is 39.3 Å². The van der Waals surface area contributed by atoms with Gasteiger partial charge < -0.3 is 4.52 Å². The van der Waals surface area contributed by atoms with E-state index < -0.39 is 0 Å². The Morgan fingerprint density at radius 3 is 2.67 bits per heavy atom. The fourth-order valence-corrected chi connectivity index (χ4v) is 2.26. The SMILES string of the molecule is CCc1noc(C)c1CN1CCCCC1. The van der Waals surface area contributed by atoms with E-state index in [2.05, 4.69) is 17.0 Å². The van der Waals surface area contributed by atoms with Crippen molar-refractivity contribution >= 4 is 0 Å². The average Bonchev–Trinajstić information content (AvgIpc) is 2.62. The molecule has 0 atom stereocenters. The second-order valence-electron chi connectivity index (χ2n) is 4.35. The molecule has 1 aromatic rings. The average molecular weight is 208 g/mol. The highest BCUT2D eigenvalue weighted by Gasteiger charge is 2.16. The minimum atomic E-state index is 0.973. The molecular weight excluding hydrogens is 188 g/mol. The summed E-state index contributed by atoms with van der Waals surface area (Å²) in [4.78, 5) is 2.52. The quantitative estimate of drug-likeness (QED) is 0.764. The zero-order valence-corrected chi connectivity index (χ0v) is 9.75. The minimum Gasteiger partial charge on any atom is -0.361 e. The number of nitrogens with zero attached hydrogens (tertiary/aromatic N) is 2. The molecule has 2 heterocycles. The number of hydrogen-bond acceptors (Lipinski definition) is 3. The van der Waals surface area contributed by atoms with E-state index in [1.54, 1.807) is 0 Å². The van der Waals surface area contributed by atoms with Crippen LogP contribution in [0.4, 0.5) is 0 Å². The van der Waals surface area contributed by atoms with Crippen LogP contribution >= 0.6 is 0 Å². The molecule has 0 unspecified atom stereocenters. The van der Waals surface area contributed by atoms with E-state index in [1.165, 1.54) is 37.9 Å². The standard InChI is InChI=1S/C12H20N2O/c1-3-12-11(10(2)15-13-12)9-14-7-5-4-6-8-14/h3-9H2,1-2H3. The van der Waals surface area contributed by atoms with Gasteiger partial charge in [0.1, 0.15) is 5.76 Å². The van der Waals surface area contributed by atoms with Gasteiger partial charge in [0.25, 0.3) is 0 Å². The van der Waals surface area contributed by atoms with Crippen LogP contribution in [0.3, 0.4) is 0 Å². The van der Waals surface area contributed by atoms with Crippen molar-refractivity contribution in [1.29, 1.82) is 0 Å². The lowest BCUT2D eigenvalue weighted by Gasteiger charge is -2.26. The first-order chi connectivity index (χ1) is 7.31. The predicted octanol–water partition coefficient (Wildman–Crippen LogP) is 2.53. The molecule has 0 spiro atoms. The second-order valence-corrected chi connectivity index (χ2v) is 4.35. The molecule has 1 aliphatic rings. The van der Waals surface area contributed by atoms with Gasteiger partial charge in [0.2, 0.25) is 0 Å². The summed E-state index contributed by atoms with van der Waals surface area (Å²) in [5.74, 6) is 0.998. The van der Waals surface area contributed by atoms with Crippen LogP contribution in [0.15, 0.2) is 4.52 Å². The maximum atomic E-state index is 5.25. The fraction of sp³-hybridized carbons (Fsp3) is 0.750. The van der Waals surface area contributed by atoms with Crippen molar-refractivity contribution in [3.8, 4) is 0 Å². The molecule has 3 heteroatoms. The third kappa shape index (κ3) is 2.40. The number of piperidine rings is 1. The zero-order chi connectivity index (χ0) is 10.7. The lowest BCUT2D eigenvalue weighted by molar-refractivity contribution is 0.219. The highest BCUT2D eigenvalue weighted by molar-refractivity contribution is 5.21. The highest BCUT2D eigenvalue weighted by Crippen LogP contribution is 2.19. The van der Waals surface area contributed by atoms with Crippen molar-refractivity contribution in [3.63, 3.8) is 0 Å². The summed E-state index contributed by atoms with van der Waals surface area (Å²) in [7, 11) is 0. The first kappa shape index (κ1) is 10.7. The number of aryl methyl sites for hydroxylation is 2. The van der Waals surface area contributed by atoms with Crippen molar-refractivity contribution < 1.29 is 4.52 Å². The van der Waals surface area contributed by atoms with Crippen LogP contribution < -0.4 is 0 Å². The van der Waals surface area contributed by atoms with Crippen molar-refractivity contribution in [1.82, 2.24) is 10.1 Å². The third-order valence-electron chi connectivity index (χ3n) is 3.23. The second kappa shape index (κ2) is 4.79. The monoisotopic (exact) mass is 208 g/mol. The van der Waals surface area contributed by atoms with Crippen molar-refractivity contribution in [2.75, 3.05) is 13.1 Å². The normalized spacial score (nSPS) is 18.3. The van der Waals surface area contributed by atoms with Gasteiger partial charge in [-0.15, -0.1) is 0 Å². The van der Waals surface area contributed by atoms with Crippen molar-refractivity contribution in [2.24, 2.45) is 0 Å². The molecule has 2 rings (SSSR count). The van der Waals surface area contributed by atoms with Crippen LogP contribution in [0.5, 0.6) is 0 Å². The number of likely N-dealkylation sites (tertiary alicyclic amines) is 1. The Morgan fingerprint density at radius 1 is 1.27 bits per heavy atom. The molecular formula is C12H20N2O. The number of hydrogen-bond donors (Lipinski definition) is 0. The molecule has 0 bridgehead atoms. The molecule has 1 aromatic heterocycles. The molecule has 15 heavy (non-hydrogen) atoms. The van der Waals surface area contributed by atoms with Gasteiger partial charge in [-0.3, -0.25) is 4.90 Å². The maximum Gasteiger partial charge on any atom is 0.138 e. The third-order valence-corrected chi connectivity index (χ3v) is 3.23. The van der Waals surface area contributed by atoms with Crippen molar-refractivity contribution in [3.05, 3.63) is 17.0 Å². The van der Waals surface area contributed by atoms with Crippen LogP contribution in [0.2, 0.25) is 0 Å². The van der Waals surface area contributed by atoms with Gasteiger partial charge in [0.05, 0.1) is 5.69 Å². The van der Waals surface area contributed by atoms with Crippen LogP contribution in [0, 0.1) is 6.92 Å². The molecule has 0 saturated carbocycles. The summed E-state index contributed by atoms with van der Waals surface area (Å²) in [6.07, 6.45) is 5.04. The molecule has 1 fully saturated rings. The van der Waals surface area contributed by atoms with Gasteiger partial charge in [0, 0.05) is 12.1 Å². The Kier molecular flexibility index (Phi) is 3.41. The van der Waals surface area contributed by atoms with Gasteiger partial charge in [-0.2, -0.15) is 0 Å². The first-order valence-corrected chi connectivity index (χ1v) is 5.97. The largest absolute Gasteiger partial charge is 0.361 e. The molecule has 0 aromatic carbocycles. The van der Waals surface area contributed by atoms with E-state index in [0.717, 1.165) is 24.4 Å². The van der Waals surface area contributed by atoms with E-state index in [0.29, 0.717) is 0 Å². The van der Waals surface area contributed by atoms with E-state index in [9.17, 15) is 0 Å². The van der Waals surface area contributed by atoms with Gasteiger partial charge >= 0.3 is 0 Å². The van der Waals surface area contributed by atoms with E-state index in [4.69, 9.17) is 4.52 Å². The summed E-state index contributed by atoms with van der Waals surface area (Å²) < 4.78 is 5.25. The van der Waals surface area contributed by atoms with Gasteiger partial charge in [-0.25, -0.2) is 0 Å². The Bertz CT molecular complexity index is 313. The lowest BCUT2D eigenvalue weighted by atomic mass is 10.1. The minimum absolute atomic E-state index is 0.973.